The highest BCUT2D eigenvalue weighted by Crippen LogP contribution is 2.23. The number of sulfonamides is 1. The first-order chi connectivity index (χ1) is 12.4. The van der Waals surface area contributed by atoms with Crippen LogP contribution in [0.3, 0.4) is 0 Å². The van der Waals surface area contributed by atoms with Crippen LogP contribution in [0.25, 0.3) is 0 Å². The fraction of sp³-hybridized carbons (Fsp3) is 0.278. The fourth-order valence-corrected chi connectivity index (χ4v) is 4.20. The molecule has 0 amide bonds. The monoisotopic (exact) mass is 416 g/mol. The van der Waals surface area contributed by atoms with Gasteiger partial charge in [-0.05, 0) is 24.1 Å². The summed E-state index contributed by atoms with van der Waals surface area (Å²) in [7, 11) is -3.06. The van der Waals surface area contributed by atoms with Gasteiger partial charge in [0.1, 0.15) is 11.4 Å². The van der Waals surface area contributed by atoms with E-state index in [1.165, 1.54) is 12.1 Å². The van der Waals surface area contributed by atoms with E-state index in [1.54, 1.807) is 0 Å². The van der Waals surface area contributed by atoms with Crippen LogP contribution in [0, 0.1) is 5.82 Å². The smallest absolute Gasteiger partial charge is 0.342 e. The molecule has 2 N–H and O–H groups in total. The maximum atomic E-state index is 14.1. The summed E-state index contributed by atoms with van der Waals surface area (Å²) < 4.78 is 45.9. The molecule has 0 atom stereocenters. The van der Waals surface area contributed by atoms with Crippen molar-refractivity contribution in [3.63, 3.8) is 0 Å². The molecule has 0 heterocycles. The Hall–Kier alpha value is -2.00. The van der Waals surface area contributed by atoms with Crippen molar-refractivity contribution in [1.82, 2.24) is 4.31 Å². The van der Waals surface area contributed by atoms with Gasteiger partial charge in [-0.25, -0.2) is 17.6 Å². The van der Waals surface area contributed by atoms with E-state index < -0.39 is 32.3 Å². The topological polar surface area (TPSA) is 89.7 Å². The number of methoxy groups -OCH3 is 1. The van der Waals surface area contributed by atoms with Gasteiger partial charge >= 0.3 is 5.97 Å². The summed E-state index contributed by atoms with van der Waals surface area (Å²) in [6.07, 6.45) is 0.461. The maximum absolute atomic E-state index is 14.1. The molecule has 0 unspecified atom stereocenters. The van der Waals surface area contributed by atoms with Crippen LogP contribution in [0.4, 0.5) is 4.39 Å². The first-order valence-corrected chi connectivity index (χ1v) is 9.46. The first kappa shape index (κ1) is 23.0. The molecule has 0 aliphatic heterocycles. The Morgan fingerprint density at radius 2 is 1.78 bits per heavy atom. The second kappa shape index (κ2) is 10.4. The van der Waals surface area contributed by atoms with Crippen molar-refractivity contribution in [3.8, 4) is 0 Å². The van der Waals surface area contributed by atoms with E-state index in [0.29, 0.717) is 6.42 Å². The number of esters is 1. The minimum absolute atomic E-state index is 0. The summed E-state index contributed by atoms with van der Waals surface area (Å²) in [6, 6.07) is 12.8. The highest BCUT2D eigenvalue weighted by molar-refractivity contribution is 7.89. The third-order valence-electron chi connectivity index (χ3n) is 3.85. The number of hydrogen-bond acceptors (Lipinski definition) is 5. The predicted octanol–water partition coefficient (Wildman–Crippen LogP) is 2.23. The molecule has 2 aromatic rings. The number of nitrogens with two attached hydrogens (primary N) is 1. The van der Waals surface area contributed by atoms with Crippen molar-refractivity contribution in [2.75, 3.05) is 26.7 Å². The molecular weight excluding hydrogens is 395 g/mol. The van der Waals surface area contributed by atoms with Gasteiger partial charge in [0.15, 0.2) is 0 Å². The number of ether oxygens (including phenoxy) is 1. The SMILES string of the molecule is COC(=O)c1c(F)cccc1S(=O)(=O)N(CCN)CCc1ccccc1.Cl. The molecule has 0 aliphatic rings. The molecule has 2 rings (SSSR count). The molecule has 0 saturated carbocycles. The second-order valence-corrected chi connectivity index (χ2v) is 7.44. The van der Waals surface area contributed by atoms with Crippen LogP contribution in [0.1, 0.15) is 15.9 Å². The number of carbonyl (C=O) groups excluding carboxylic acids is 1. The molecule has 0 saturated heterocycles. The van der Waals surface area contributed by atoms with Gasteiger partial charge < -0.3 is 10.5 Å². The van der Waals surface area contributed by atoms with Crippen LogP contribution < -0.4 is 5.73 Å². The van der Waals surface area contributed by atoms with Crippen LogP contribution in [0.2, 0.25) is 0 Å². The molecule has 6 nitrogen and oxygen atoms in total. The molecule has 2 aromatic carbocycles. The van der Waals surface area contributed by atoms with Gasteiger partial charge in [-0.2, -0.15) is 4.31 Å². The fourth-order valence-electron chi connectivity index (χ4n) is 2.55. The van der Waals surface area contributed by atoms with E-state index >= 15 is 0 Å². The van der Waals surface area contributed by atoms with Crippen LogP contribution >= 0.6 is 12.4 Å². The van der Waals surface area contributed by atoms with E-state index in [4.69, 9.17) is 5.73 Å². The Labute approximate surface area is 164 Å². The van der Waals surface area contributed by atoms with E-state index in [2.05, 4.69) is 4.74 Å². The number of benzene rings is 2. The Bertz CT molecular complexity index is 863. The quantitative estimate of drug-likeness (QED) is 0.666. The summed E-state index contributed by atoms with van der Waals surface area (Å²) in [6.45, 7) is 0.295. The van der Waals surface area contributed by atoms with Gasteiger partial charge in [-0.1, -0.05) is 36.4 Å². The Balaban J connectivity index is 0.00000364. The van der Waals surface area contributed by atoms with E-state index in [-0.39, 0.29) is 32.0 Å². The van der Waals surface area contributed by atoms with Crippen molar-refractivity contribution in [1.29, 1.82) is 0 Å². The lowest BCUT2D eigenvalue weighted by molar-refractivity contribution is 0.0590. The molecule has 148 valence electrons. The van der Waals surface area contributed by atoms with Crippen molar-refractivity contribution in [3.05, 3.63) is 65.5 Å². The zero-order chi connectivity index (χ0) is 19.2. The minimum atomic E-state index is -4.13. The van der Waals surface area contributed by atoms with Crippen molar-refractivity contribution in [2.24, 2.45) is 5.73 Å². The summed E-state index contributed by atoms with van der Waals surface area (Å²) in [4.78, 5) is 11.5. The van der Waals surface area contributed by atoms with Gasteiger partial charge in [0.05, 0.1) is 12.0 Å². The van der Waals surface area contributed by atoms with Crippen LogP contribution in [-0.2, 0) is 21.2 Å². The van der Waals surface area contributed by atoms with Gasteiger partial charge in [0.2, 0.25) is 10.0 Å². The largest absolute Gasteiger partial charge is 0.465 e. The number of nitrogens with zero attached hydrogens (tertiary/aromatic N) is 1. The van der Waals surface area contributed by atoms with Gasteiger partial charge in [0.25, 0.3) is 0 Å². The standard InChI is InChI=1S/C18H21FN2O4S.ClH/c1-25-18(22)17-15(19)8-5-9-16(17)26(23,24)21(13-11-20)12-10-14-6-3-2-4-7-14;/h2-9H,10-13,20H2,1H3;1H. The van der Waals surface area contributed by atoms with Gasteiger partial charge in [0, 0.05) is 19.6 Å². The molecule has 0 fully saturated rings. The summed E-state index contributed by atoms with van der Waals surface area (Å²) in [5.74, 6) is -1.99. The molecule has 0 spiro atoms. The molecule has 0 aromatic heterocycles. The van der Waals surface area contributed by atoms with Gasteiger partial charge in [-0.15, -0.1) is 12.4 Å². The lowest BCUT2D eigenvalue weighted by atomic mass is 10.1. The Morgan fingerprint density at radius 1 is 1.11 bits per heavy atom. The van der Waals surface area contributed by atoms with Crippen LogP contribution in [0.15, 0.2) is 53.4 Å². The predicted molar refractivity (Wildman–Crippen MR) is 103 cm³/mol. The van der Waals surface area contributed by atoms with Crippen molar-refractivity contribution in [2.45, 2.75) is 11.3 Å². The highest BCUT2D eigenvalue weighted by Gasteiger charge is 2.31. The van der Waals surface area contributed by atoms with Crippen molar-refractivity contribution >= 4 is 28.4 Å². The molecule has 9 heteroatoms. The Kier molecular flexibility index (Phi) is 8.84. The summed E-state index contributed by atoms with van der Waals surface area (Å²) >= 11 is 0. The zero-order valence-electron chi connectivity index (χ0n) is 14.8. The van der Waals surface area contributed by atoms with Gasteiger partial charge in [-0.3, -0.25) is 0 Å². The number of halogens is 2. The van der Waals surface area contributed by atoms with Crippen LogP contribution in [0.5, 0.6) is 0 Å². The summed E-state index contributed by atoms with van der Waals surface area (Å²) in [5, 5.41) is 0. The zero-order valence-corrected chi connectivity index (χ0v) is 16.4. The van der Waals surface area contributed by atoms with E-state index in [9.17, 15) is 17.6 Å². The normalized spacial score (nSPS) is 11.1. The second-order valence-electron chi connectivity index (χ2n) is 5.53. The summed E-state index contributed by atoms with van der Waals surface area (Å²) in [5.41, 5.74) is 5.91. The average molecular weight is 417 g/mol. The molecule has 0 aliphatic carbocycles. The number of hydrogen-bond donors (Lipinski definition) is 1. The average Bonchev–Trinajstić information content (AvgIpc) is 2.65. The van der Waals surface area contributed by atoms with E-state index in [1.807, 2.05) is 30.3 Å². The number of carbonyl (C=O) groups is 1. The van der Waals surface area contributed by atoms with Crippen LogP contribution in [-0.4, -0.2) is 45.4 Å². The molecule has 0 radical (unpaired) electrons. The maximum Gasteiger partial charge on any atom is 0.342 e. The number of rotatable bonds is 8. The molecule has 0 bridgehead atoms. The first-order valence-electron chi connectivity index (χ1n) is 8.02. The third-order valence-corrected chi connectivity index (χ3v) is 5.79. The lowest BCUT2D eigenvalue weighted by Crippen LogP contribution is -2.37. The third kappa shape index (κ3) is 5.49. The molecule has 27 heavy (non-hydrogen) atoms. The molecular formula is C18H22ClFN2O4S. The Morgan fingerprint density at radius 3 is 2.37 bits per heavy atom. The van der Waals surface area contributed by atoms with E-state index in [0.717, 1.165) is 23.0 Å². The lowest BCUT2D eigenvalue weighted by Gasteiger charge is -2.23. The minimum Gasteiger partial charge on any atom is -0.465 e. The van der Waals surface area contributed by atoms with Crippen molar-refractivity contribution < 1.29 is 22.3 Å². The highest BCUT2D eigenvalue weighted by atomic mass is 35.5.